The van der Waals surface area contributed by atoms with Crippen LogP contribution in [0.3, 0.4) is 0 Å². The zero-order valence-electron chi connectivity index (χ0n) is 11.1. The topological polar surface area (TPSA) is 41.1 Å². The smallest absolute Gasteiger partial charge is 0.222 e. The van der Waals surface area contributed by atoms with E-state index in [2.05, 4.69) is 10.6 Å². The third-order valence-corrected chi connectivity index (χ3v) is 3.26. The molecular formula is C16H17ClN2O. The van der Waals surface area contributed by atoms with Crippen molar-refractivity contribution in [1.82, 2.24) is 5.32 Å². The van der Waals surface area contributed by atoms with Gasteiger partial charge in [-0.3, -0.25) is 4.79 Å². The van der Waals surface area contributed by atoms with Gasteiger partial charge in [-0.05, 0) is 23.8 Å². The van der Waals surface area contributed by atoms with Gasteiger partial charge in [-0.2, -0.15) is 0 Å². The highest BCUT2D eigenvalue weighted by Crippen LogP contribution is 2.14. The van der Waals surface area contributed by atoms with Crippen molar-refractivity contribution in [3.8, 4) is 0 Å². The minimum absolute atomic E-state index is 0.00773. The number of anilines is 1. The van der Waals surface area contributed by atoms with E-state index in [1.807, 2.05) is 54.6 Å². The molecule has 0 bridgehead atoms. The van der Waals surface area contributed by atoms with Gasteiger partial charge in [-0.25, -0.2) is 0 Å². The van der Waals surface area contributed by atoms with Crippen LogP contribution in [0.4, 0.5) is 5.69 Å². The lowest BCUT2D eigenvalue weighted by molar-refractivity contribution is -0.121. The lowest BCUT2D eigenvalue weighted by Gasteiger charge is -2.08. The number of para-hydroxylation sites is 1. The molecule has 4 heteroatoms. The largest absolute Gasteiger partial charge is 0.385 e. The molecule has 0 spiro atoms. The van der Waals surface area contributed by atoms with Gasteiger partial charge >= 0.3 is 0 Å². The van der Waals surface area contributed by atoms with Crippen molar-refractivity contribution >= 4 is 23.2 Å². The summed E-state index contributed by atoms with van der Waals surface area (Å²) in [5, 5.41) is 6.74. The second kappa shape index (κ2) is 7.56. The van der Waals surface area contributed by atoms with Crippen LogP contribution in [0.2, 0.25) is 5.02 Å². The monoisotopic (exact) mass is 288 g/mol. The van der Waals surface area contributed by atoms with Crippen LogP contribution in [0.5, 0.6) is 0 Å². The summed E-state index contributed by atoms with van der Waals surface area (Å²) in [6, 6.07) is 17.3. The van der Waals surface area contributed by atoms with Gasteiger partial charge < -0.3 is 10.6 Å². The van der Waals surface area contributed by atoms with Crippen molar-refractivity contribution in [1.29, 1.82) is 0 Å². The first-order valence-corrected chi connectivity index (χ1v) is 6.92. The van der Waals surface area contributed by atoms with Gasteiger partial charge in [0.25, 0.3) is 0 Å². The summed E-state index contributed by atoms with van der Waals surface area (Å²) in [5.41, 5.74) is 1.95. The fourth-order valence-electron chi connectivity index (χ4n) is 1.80. The molecule has 0 radical (unpaired) electrons. The molecule has 0 aliphatic carbocycles. The van der Waals surface area contributed by atoms with E-state index < -0.39 is 0 Å². The fraction of sp³-hybridized carbons (Fsp3) is 0.188. The minimum Gasteiger partial charge on any atom is -0.385 e. The average Bonchev–Trinajstić information content (AvgIpc) is 2.47. The molecular weight excluding hydrogens is 272 g/mol. The maximum Gasteiger partial charge on any atom is 0.222 e. The van der Waals surface area contributed by atoms with Gasteiger partial charge in [-0.1, -0.05) is 48.0 Å². The molecule has 104 valence electrons. The molecule has 0 aliphatic heterocycles. The molecule has 0 fully saturated rings. The van der Waals surface area contributed by atoms with Crippen LogP contribution in [0.15, 0.2) is 54.6 Å². The van der Waals surface area contributed by atoms with E-state index >= 15 is 0 Å². The predicted octanol–water partition coefficient (Wildman–Crippen LogP) is 3.46. The molecule has 3 nitrogen and oxygen atoms in total. The number of carbonyl (C=O) groups excluding carboxylic acids is 1. The molecule has 20 heavy (non-hydrogen) atoms. The Balaban J connectivity index is 1.70. The Morgan fingerprint density at radius 1 is 1.00 bits per heavy atom. The molecule has 1 amide bonds. The number of nitrogens with one attached hydrogen (secondary N) is 2. The first kappa shape index (κ1) is 14.4. The number of hydrogen-bond donors (Lipinski definition) is 2. The zero-order chi connectivity index (χ0) is 14.2. The Morgan fingerprint density at radius 3 is 2.45 bits per heavy atom. The molecule has 2 aromatic rings. The van der Waals surface area contributed by atoms with Crippen molar-refractivity contribution in [3.05, 3.63) is 65.2 Å². The summed E-state index contributed by atoms with van der Waals surface area (Å²) >= 11 is 6.03. The Hall–Kier alpha value is -2.00. The van der Waals surface area contributed by atoms with Crippen molar-refractivity contribution in [2.45, 2.75) is 13.0 Å². The number of rotatable bonds is 6. The summed E-state index contributed by atoms with van der Waals surface area (Å²) in [6.45, 7) is 1.07. The fourth-order valence-corrected chi connectivity index (χ4v) is 2.00. The van der Waals surface area contributed by atoms with Crippen LogP contribution in [0, 0.1) is 0 Å². The molecule has 0 heterocycles. The maximum absolute atomic E-state index is 11.7. The minimum atomic E-state index is 0.00773. The molecule has 0 saturated heterocycles. The second-order valence-electron chi connectivity index (χ2n) is 4.41. The highest BCUT2D eigenvalue weighted by atomic mass is 35.5. The van der Waals surface area contributed by atoms with Crippen LogP contribution < -0.4 is 10.6 Å². The molecule has 2 rings (SSSR count). The van der Waals surface area contributed by atoms with Gasteiger partial charge in [0.1, 0.15) is 0 Å². The lowest BCUT2D eigenvalue weighted by Crippen LogP contribution is -2.25. The summed E-state index contributed by atoms with van der Waals surface area (Å²) in [5.74, 6) is 0.00773. The zero-order valence-corrected chi connectivity index (χ0v) is 11.9. The Morgan fingerprint density at radius 2 is 1.70 bits per heavy atom. The first-order chi connectivity index (χ1) is 9.75. The van der Waals surface area contributed by atoms with E-state index in [0.717, 1.165) is 11.3 Å². The van der Waals surface area contributed by atoms with Gasteiger partial charge in [0.15, 0.2) is 0 Å². The predicted molar refractivity (Wildman–Crippen MR) is 82.8 cm³/mol. The molecule has 2 aromatic carbocycles. The second-order valence-corrected chi connectivity index (χ2v) is 4.82. The third-order valence-electron chi connectivity index (χ3n) is 2.89. The van der Waals surface area contributed by atoms with Crippen molar-refractivity contribution in [2.24, 2.45) is 0 Å². The van der Waals surface area contributed by atoms with Crippen LogP contribution in [-0.2, 0) is 11.3 Å². The number of benzene rings is 2. The van der Waals surface area contributed by atoms with E-state index in [-0.39, 0.29) is 5.91 Å². The quantitative estimate of drug-likeness (QED) is 0.855. The van der Waals surface area contributed by atoms with Crippen LogP contribution in [0.25, 0.3) is 0 Å². The van der Waals surface area contributed by atoms with E-state index in [1.54, 1.807) is 0 Å². The number of carbonyl (C=O) groups is 1. The summed E-state index contributed by atoms with van der Waals surface area (Å²) in [6.07, 6.45) is 0.430. The number of amides is 1. The normalized spacial score (nSPS) is 10.1. The van der Waals surface area contributed by atoms with Crippen LogP contribution in [0.1, 0.15) is 12.0 Å². The maximum atomic E-state index is 11.7. The van der Waals surface area contributed by atoms with E-state index in [0.29, 0.717) is 24.5 Å². The SMILES string of the molecule is O=C(CCNc1ccccc1)NCc1ccccc1Cl. The van der Waals surface area contributed by atoms with E-state index in [4.69, 9.17) is 11.6 Å². The molecule has 0 aromatic heterocycles. The Bertz CT molecular complexity index is 557. The lowest BCUT2D eigenvalue weighted by atomic mass is 10.2. The third kappa shape index (κ3) is 4.59. The molecule has 0 saturated carbocycles. The first-order valence-electron chi connectivity index (χ1n) is 6.55. The Labute approximate surface area is 124 Å². The molecule has 0 aliphatic rings. The highest BCUT2D eigenvalue weighted by Gasteiger charge is 2.03. The van der Waals surface area contributed by atoms with E-state index in [9.17, 15) is 4.79 Å². The highest BCUT2D eigenvalue weighted by molar-refractivity contribution is 6.31. The summed E-state index contributed by atoms with van der Waals surface area (Å²) in [7, 11) is 0. The molecule has 0 unspecified atom stereocenters. The Kier molecular flexibility index (Phi) is 5.44. The van der Waals surface area contributed by atoms with E-state index in [1.165, 1.54) is 0 Å². The van der Waals surface area contributed by atoms with Crippen molar-refractivity contribution in [3.63, 3.8) is 0 Å². The summed E-state index contributed by atoms with van der Waals surface area (Å²) < 4.78 is 0. The van der Waals surface area contributed by atoms with Gasteiger partial charge in [0, 0.05) is 30.2 Å². The van der Waals surface area contributed by atoms with Crippen molar-refractivity contribution < 1.29 is 4.79 Å². The van der Waals surface area contributed by atoms with Gasteiger partial charge in [0.2, 0.25) is 5.91 Å². The van der Waals surface area contributed by atoms with Crippen molar-refractivity contribution in [2.75, 3.05) is 11.9 Å². The molecule has 0 atom stereocenters. The number of hydrogen-bond acceptors (Lipinski definition) is 2. The summed E-state index contributed by atoms with van der Waals surface area (Å²) in [4.78, 5) is 11.7. The van der Waals surface area contributed by atoms with Gasteiger partial charge in [-0.15, -0.1) is 0 Å². The molecule has 2 N–H and O–H groups in total. The van der Waals surface area contributed by atoms with Crippen LogP contribution >= 0.6 is 11.6 Å². The average molecular weight is 289 g/mol. The van der Waals surface area contributed by atoms with Gasteiger partial charge in [0.05, 0.1) is 0 Å². The van der Waals surface area contributed by atoms with Crippen LogP contribution in [-0.4, -0.2) is 12.5 Å². The number of halogens is 1. The standard InChI is InChI=1S/C16H17ClN2O/c17-15-9-5-4-6-13(15)12-19-16(20)10-11-18-14-7-2-1-3-8-14/h1-9,18H,10-12H2,(H,19,20).